The number of nitro benzene ring substituents is 1. The molecular weight excluding hydrogens is 260 g/mol. The van der Waals surface area contributed by atoms with Gasteiger partial charge in [-0.2, -0.15) is 0 Å². The van der Waals surface area contributed by atoms with Crippen LogP contribution in [0.5, 0.6) is 5.75 Å². The molecule has 1 amide bonds. The Kier molecular flexibility index (Phi) is 5.38. The van der Waals surface area contributed by atoms with Crippen molar-refractivity contribution in [2.24, 2.45) is 0 Å². The number of carbonyl (C=O) groups excluding carboxylic acids is 1. The van der Waals surface area contributed by atoms with Gasteiger partial charge < -0.3 is 10.1 Å². The van der Waals surface area contributed by atoms with E-state index in [1.54, 1.807) is 0 Å². The van der Waals surface area contributed by atoms with Gasteiger partial charge in [-0.15, -0.1) is 0 Å². The van der Waals surface area contributed by atoms with Gasteiger partial charge >= 0.3 is 0 Å². The molecule has 1 aromatic carbocycles. The number of hydrogen-bond donors (Lipinski definition) is 1. The van der Waals surface area contributed by atoms with Gasteiger partial charge in [0, 0.05) is 18.7 Å². The highest BCUT2D eigenvalue weighted by atomic mass is 35.5. The highest BCUT2D eigenvalue weighted by molar-refractivity contribution is 6.32. The fraction of sp³-hybridized carbons (Fsp3) is 0.364. The predicted molar refractivity (Wildman–Crippen MR) is 66.9 cm³/mol. The second-order valence-electron chi connectivity index (χ2n) is 3.42. The van der Waals surface area contributed by atoms with Crippen LogP contribution >= 0.6 is 11.6 Å². The van der Waals surface area contributed by atoms with E-state index >= 15 is 0 Å². The summed E-state index contributed by atoms with van der Waals surface area (Å²) in [5, 5.41) is 13.2. The van der Waals surface area contributed by atoms with E-state index in [-0.39, 0.29) is 29.6 Å². The van der Waals surface area contributed by atoms with E-state index in [1.807, 2.05) is 6.92 Å². The van der Waals surface area contributed by atoms with E-state index in [1.165, 1.54) is 18.2 Å². The molecule has 0 spiro atoms. The van der Waals surface area contributed by atoms with Crippen LogP contribution in [0.25, 0.3) is 0 Å². The van der Waals surface area contributed by atoms with E-state index in [0.717, 1.165) is 0 Å². The predicted octanol–water partition coefficient (Wildman–Crippen LogP) is 2.15. The summed E-state index contributed by atoms with van der Waals surface area (Å²) in [6.07, 6.45) is 0.225. The molecular formula is C11H13ClN2O4. The molecule has 0 fully saturated rings. The summed E-state index contributed by atoms with van der Waals surface area (Å²) in [6.45, 7) is 2.59. The lowest BCUT2D eigenvalue weighted by Crippen LogP contribution is -2.24. The standard InChI is InChI=1S/C11H13ClN2O4/c1-2-13-11(15)5-6-18-8-3-4-10(14(16)17)9(12)7-8/h3-4,7H,2,5-6H2,1H3,(H,13,15). The topological polar surface area (TPSA) is 81.5 Å². The molecule has 1 N–H and O–H groups in total. The molecule has 1 rings (SSSR count). The molecule has 0 aliphatic heterocycles. The quantitative estimate of drug-likeness (QED) is 0.635. The minimum Gasteiger partial charge on any atom is -0.493 e. The maximum absolute atomic E-state index is 11.1. The molecule has 6 nitrogen and oxygen atoms in total. The number of ether oxygens (including phenoxy) is 1. The van der Waals surface area contributed by atoms with Crippen molar-refractivity contribution in [1.82, 2.24) is 5.32 Å². The average Bonchev–Trinajstić information content (AvgIpc) is 2.29. The molecule has 98 valence electrons. The first-order valence-electron chi connectivity index (χ1n) is 5.38. The van der Waals surface area contributed by atoms with E-state index in [0.29, 0.717) is 12.3 Å². The van der Waals surface area contributed by atoms with Crippen LogP contribution < -0.4 is 10.1 Å². The first-order chi connectivity index (χ1) is 8.54. The number of nitrogens with one attached hydrogen (secondary N) is 1. The second kappa shape index (κ2) is 6.80. The highest BCUT2D eigenvalue weighted by Gasteiger charge is 2.12. The largest absolute Gasteiger partial charge is 0.493 e. The number of hydrogen-bond acceptors (Lipinski definition) is 4. The number of rotatable bonds is 6. The zero-order valence-corrected chi connectivity index (χ0v) is 10.6. The van der Waals surface area contributed by atoms with Gasteiger partial charge in [-0.25, -0.2) is 0 Å². The molecule has 1 aromatic rings. The Morgan fingerprint density at radius 2 is 2.28 bits per heavy atom. The summed E-state index contributed by atoms with van der Waals surface area (Å²) in [7, 11) is 0. The Labute approximate surface area is 109 Å². The van der Waals surface area contributed by atoms with Crippen molar-refractivity contribution in [3.05, 3.63) is 33.3 Å². The van der Waals surface area contributed by atoms with Crippen LogP contribution in [-0.4, -0.2) is 24.0 Å². The summed E-state index contributed by atoms with van der Waals surface area (Å²) in [5.41, 5.74) is -0.173. The first-order valence-corrected chi connectivity index (χ1v) is 5.75. The van der Waals surface area contributed by atoms with Crippen molar-refractivity contribution in [1.29, 1.82) is 0 Å². The Hall–Kier alpha value is -1.82. The third-order valence-electron chi connectivity index (χ3n) is 2.09. The molecule has 0 heterocycles. The summed E-state index contributed by atoms with van der Waals surface area (Å²) < 4.78 is 5.27. The molecule has 0 atom stereocenters. The lowest BCUT2D eigenvalue weighted by Gasteiger charge is -2.06. The first kappa shape index (κ1) is 14.2. The van der Waals surface area contributed by atoms with Gasteiger partial charge in [0.05, 0.1) is 18.0 Å². The Morgan fingerprint density at radius 1 is 1.56 bits per heavy atom. The number of nitrogens with zero attached hydrogens (tertiary/aromatic N) is 1. The molecule has 0 bridgehead atoms. The van der Waals surface area contributed by atoms with Crippen LogP contribution in [0.4, 0.5) is 5.69 Å². The van der Waals surface area contributed by atoms with Crippen LogP contribution in [0.1, 0.15) is 13.3 Å². The van der Waals surface area contributed by atoms with Crippen LogP contribution in [0.2, 0.25) is 5.02 Å². The third kappa shape index (κ3) is 4.21. The molecule has 0 aliphatic rings. The SMILES string of the molecule is CCNC(=O)CCOc1ccc([N+](=O)[O-])c(Cl)c1. The number of nitro groups is 1. The zero-order valence-electron chi connectivity index (χ0n) is 9.81. The molecule has 0 saturated carbocycles. The van der Waals surface area contributed by atoms with Crippen molar-refractivity contribution in [2.45, 2.75) is 13.3 Å². The molecule has 0 radical (unpaired) electrons. The fourth-order valence-electron chi connectivity index (χ4n) is 1.27. The van der Waals surface area contributed by atoms with Gasteiger partial charge in [0.2, 0.25) is 5.91 Å². The second-order valence-corrected chi connectivity index (χ2v) is 3.83. The van der Waals surface area contributed by atoms with Gasteiger partial charge in [-0.3, -0.25) is 14.9 Å². The smallest absolute Gasteiger partial charge is 0.288 e. The van der Waals surface area contributed by atoms with E-state index in [4.69, 9.17) is 16.3 Å². The third-order valence-corrected chi connectivity index (χ3v) is 2.39. The minimum absolute atomic E-state index is 0.00973. The van der Waals surface area contributed by atoms with Crippen LogP contribution in [-0.2, 0) is 4.79 Å². The van der Waals surface area contributed by atoms with Crippen molar-refractivity contribution in [3.8, 4) is 5.75 Å². The molecule has 0 aliphatic carbocycles. The lowest BCUT2D eigenvalue weighted by molar-refractivity contribution is -0.384. The maximum atomic E-state index is 11.1. The molecule has 0 aromatic heterocycles. The zero-order chi connectivity index (χ0) is 13.5. The van der Waals surface area contributed by atoms with Crippen molar-refractivity contribution in [3.63, 3.8) is 0 Å². The Morgan fingerprint density at radius 3 is 2.83 bits per heavy atom. The van der Waals surface area contributed by atoms with E-state index in [2.05, 4.69) is 5.32 Å². The normalized spacial score (nSPS) is 9.89. The number of amides is 1. The van der Waals surface area contributed by atoms with Crippen LogP contribution in [0, 0.1) is 10.1 Å². The molecule has 18 heavy (non-hydrogen) atoms. The Balaban J connectivity index is 2.51. The average molecular weight is 273 g/mol. The lowest BCUT2D eigenvalue weighted by atomic mass is 10.3. The molecule has 0 saturated heterocycles. The van der Waals surface area contributed by atoms with Gasteiger partial charge in [0.25, 0.3) is 5.69 Å². The van der Waals surface area contributed by atoms with Gasteiger partial charge in [0.1, 0.15) is 10.8 Å². The van der Waals surface area contributed by atoms with Crippen molar-refractivity contribution < 1.29 is 14.5 Å². The Bertz CT molecular complexity index is 451. The summed E-state index contributed by atoms with van der Waals surface area (Å²) in [4.78, 5) is 21.1. The fourth-order valence-corrected chi connectivity index (χ4v) is 1.51. The summed E-state index contributed by atoms with van der Waals surface area (Å²) in [5.74, 6) is 0.292. The number of halogens is 1. The minimum atomic E-state index is -0.569. The van der Waals surface area contributed by atoms with Gasteiger partial charge in [0.15, 0.2) is 0 Å². The molecule has 0 unspecified atom stereocenters. The van der Waals surface area contributed by atoms with E-state index in [9.17, 15) is 14.9 Å². The number of carbonyl (C=O) groups is 1. The van der Waals surface area contributed by atoms with Crippen molar-refractivity contribution >= 4 is 23.2 Å². The summed E-state index contributed by atoms with van der Waals surface area (Å²) >= 11 is 5.71. The van der Waals surface area contributed by atoms with Gasteiger partial charge in [-0.05, 0) is 13.0 Å². The maximum Gasteiger partial charge on any atom is 0.288 e. The highest BCUT2D eigenvalue weighted by Crippen LogP contribution is 2.28. The van der Waals surface area contributed by atoms with E-state index < -0.39 is 4.92 Å². The summed E-state index contributed by atoms with van der Waals surface area (Å²) in [6, 6.07) is 4.07. The van der Waals surface area contributed by atoms with Gasteiger partial charge in [-0.1, -0.05) is 11.6 Å². The van der Waals surface area contributed by atoms with Crippen LogP contribution in [0.15, 0.2) is 18.2 Å². The van der Waals surface area contributed by atoms with Crippen LogP contribution in [0.3, 0.4) is 0 Å². The molecule has 7 heteroatoms. The monoisotopic (exact) mass is 272 g/mol. The number of benzene rings is 1. The van der Waals surface area contributed by atoms with Crippen molar-refractivity contribution in [2.75, 3.05) is 13.2 Å².